The van der Waals surface area contributed by atoms with Crippen LogP contribution in [-0.2, 0) is 19.1 Å². The zero-order valence-corrected chi connectivity index (χ0v) is 11.0. The Bertz CT molecular complexity index is 235. The van der Waals surface area contributed by atoms with Crippen LogP contribution < -0.4 is 0 Å². The van der Waals surface area contributed by atoms with E-state index < -0.39 is 12.3 Å². The maximum Gasteiger partial charge on any atom is 0.330 e. The molecule has 0 radical (unpaired) electrons. The molecule has 0 aromatic heterocycles. The molecular weight excluding hydrogens is 224 g/mol. The standard InChI is InChI=1S/C8H16O3.C4H6O2/c1-4-5-6-10-8(3)11-7(2)9;1-3(2)4(5)6/h8H,4-6H2,1-3H3;1H2,2H3,(H,5,6). The number of rotatable bonds is 6. The van der Waals surface area contributed by atoms with Gasteiger partial charge in [-0.2, -0.15) is 0 Å². The number of esters is 1. The van der Waals surface area contributed by atoms with Crippen LogP contribution in [0.1, 0.15) is 40.5 Å². The average molecular weight is 246 g/mol. The molecule has 0 saturated carbocycles. The lowest BCUT2D eigenvalue weighted by Crippen LogP contribution is -2.16. The van der Waals surface area contributed by atoms with Gasteiger partial charge in [0.05, 0.1) is 6.61 Å². The molecule has 1 atom stereocenters. The van der Waals surface area contributed by atoms with E-state index >= 15 is 0 Å². The second kappa shape index (κ2) is 11.1. The van der Waals surface area contributed by atoms with E-state index in [1.54, 1.807) is 6.92 Å². The van der Waals surface area contributed by atoms with Crippen molar-refractivity contribution in [2.75, 3.05) is 6.61 Å². The minimum atomic E-state index is -0.935. The highest BCUT2D eigenvalue weighted by Gasteiger charge is 2.03. The van der Waals surface area contributed by atoms with Crippen LogP contribution in [0.2, 0.25) is 0 Å². The normalized spacial score (nSPS) is 10.8. The summed E-state index contributed by atoms with van der Waals surface area (Å²) >= 11 is 0. The van der Waals surface area contributed by atoms with Gasteiger partial charge in [-0.25, -0.2) is 4.79 Å². The third kappa shape index (κ3) is 17.3. The molecule has 5 heteroatoms. The highest BCUT2D eigenvalue weighted by Crippen LogP contribution is 1.96. The smallest absolute Gasteiger partial charge is 0.330 e. The van der Waals surface area contributed by atoms with Crippen LogP contribution in [0.25, 0.3) is 0 Å². The molecule has 0 rings (SSSR count). The van der Waals surface area contributed by atoms with E-state index in [4.69, 9.17) is 14.6 Å². The fourth-order valence-corrected chi connectivity index (χ4v) is 0.661. The maximum atomic E-state index is 10.4. The van der Waals surface area contributed by atoms with Gasteiger partial charge in [0.25, 0.3) is 0 Å². The summed E-state index contributed by atoms with van der Waals surface area (Å²) in [7, 11) is 0. The van der Waals surface area contributed by atoms with Crippen LogP contribution in [0, 0.1) is 0 Å². The number of carbonyl (C=O) groups is 2. The lowest BCUT2D eigenvalue weighted by molar-refractivity contribution is -0.172. The van der Waals surface area contributed by atoms with E-state index in [1.165, 1.54) is 13.8 Å². The third-order valence-electron chi connectivity index (χ3n) is 1.55. The SMILES string of the molecule is C=C(C)C(=O)O.CCCCOC(C)OC(C)=O. The summed E-state index contributed by atoms with van der Waals surface area (Å²) in [5.74, 6) is -1.23. The van der Waals surface area contributed by atoms with Gasteiger partial charge >= 0.3 is 11.9 Å². The molecule has 0 aliphatic rings. The van der Waals surface area contributed by atoms with Crippen molar-refractivity contribution in [3.8, 4) is 0 Å². The largest absolute Gasteiger partial charge is 0.478 e. The number of aliphatic carboxylic acids is 1. The number of unbranched alkanes of at least 4 members (excludes halogenated alkanes) is 1. The minimum Gasteiger partial charge on any atom is -0.478 e. The first kappa shape index (κ1) is 18.0. The number of ether oxygens (including phenoxy) is 2. The Morgan fingerprint density at radius 3 is 2.12 bits per heavy atom. The molecule has 0 bridgehead atoms. The van der Waals surface area contributed by atoms with Crippen LogP contribution in [-0.4, -0.2) is 29.9 Å². The summed E-state index contributed by atoms with van der Waals surface area (Å²) < 4.78 is 9.89. The predicted octanol–water partition coefficient (Wildman–Crippen LogP) is 2.36. The van der Waals surface area contributed by atoms with Gasteiger partial charge in [0.15, 0.2) is 6.29 Å². The maximum absolute atomic E-state index is 10.4. The van der Waals surface area contributed by atoms with Gasteiger partial charge in [0, 0.05) is 12.5 Å². The Kier molecular flexibility index (Phi) is 11.8. The zero-order valence-electron chi connectivity index (χ0n) is 11.0. The van der Waals surface area contributed by atoms with Crippen molar-refractivity contribution in [3.05, 3.63) is 12.2 Å². The fraction of sp³-hybridized carbons (Fsp3) is 0.667. The molecular formula is C12H22O5. The first-order chi connectivity index (χ1) is 7.81. The van der Waals surface area contributed by atoms with E-state index in [-0.39, 0.29) is 11.5 Å². The molecule has 0 aliphatic carbocycles. The Labute approximate surface area is 102 Å². The highest BCUT2D eigenvalue weighted by atomic mass is 16.7. The second-order valence-corrected chi connectivity index (χ2v) is 3.49. The van der Waals surface area contributed by atoms with Gasteiger partial charge in [-0.05, 0) is 20.3 Å². The lowest BCUT2D eigenvalue weighted by Gasteiger charge is -2.11. The Morgan fingerprint density at radius 2 is 1.82 bits per heavy atom. The Balaban J connectivity index is 0. The molecule has 0 saturated heterocycles. The van der Waals surface area contributed by atoms with Crippen molar-refractivity contribution in [2.24, 2.45) is 0 Å². The van der Waals surface area contributed by atoms with Crippen LogP contribution in [0.3, 0.4) is 0 Å². The summed E-state index contributed by atoms with van der Waals surface area (Å²) in [4.78, 5) is 20.0. The average Bonchev–Trinajstić information content (AvgIpc) is 2.17. The van der Waals surface area contributed by atoms with Gasteiger partial charge in [0.2, 0.25) is 0 Å². The minimum absolute atomic E-state index is 0.176. The van der Waals surface area contributed by atoms with E-state index in [1.807, 2.05) is 0 Å². The van der Waals surface area contributed by atoms with E-state index in [0.29, 0.717) is 6.61 Å². The molecule has 100 valence electrons. The number of carbonyl (C=O) groups excluding carboxylic acids is 1. The number of carboxylic acid groups (broad SMARTS) is 1. The lowest BCUT2D eigenvalue weighted by atomic mass is 10.4. The van der Waals surface area contributed by atoms with Crippen LogP contribution in [0.5, 0.6) is 0 Å². The zero-order chi connectivity index (χ0) is 13.8. The molecule has 1 N–H and O–H groups in total. The summed E-state index contributed by atoms with van der Waals surface area (Å²) in [6, 6.07) is 0. The molecule has 0 aromatic carbocycles. The molecule has 1 unspecified atom stereocenters. The predicted molar refractivity (Wildman–Crippen MR) is 64.5 cm³/mol. The molecule has 0 amide bonds. The summed E-state index contributed by atoms with van der Waals surface area (Å²) in [6.45, 7) is 10.4. The van der Waals surface area contributed by atoms with Crippen molar-refractivity contribution in [2.45, 2.75) is 46.8 Å². The number of carboxylic acids is 1. The molecule has 0 fully saturated rings. The second-order valence-electron chi connectivity index (χ2n) is 3.49. The van der Waals surface area contributed by atoms with Gasteiger partial charge in [-0.15, -0.1) is 0 Å². The summed E-state index contributed by atoms with van der Waals surface area (Å²) in [5.41, 5.74) is 0.176. The summed E-state index contributed by atoms with van der Waals surface area (Å²) in [6.07, 6.45) is 1.69. The van der Waals surface area contributed by atoms with E-state index in [2.05, 4.69) is 13.5 Å². The number of hydrogen-bond acceptors (Lipinski definition) is 4. The van der Waals surface area contributed by atoms with Gasteiger partial charge < -0.3 is 14.6 Å². The van der Waals surface area contributed by atoms with Gasteiger partial charge in [-0.1, -0.05) is 19.9 Å². The van der Waals surface area contributed by atoms with Crippen molar-refractivity contribution < 1.29 is 24.2 Å². The van der Waals surface area contributed by atoms with E-state index in [0.717, 1.165) is 12.8 Å². The van der Waals surface area contributed by atoms with Gasteiger partial charge in [-0.3, -0.25) is 4.79 Å². The first-order valence-electron chi connectivity index (χ1n) is 5.48. The van der Waals surface area contributed by atoms with Gasteiger partial charge in [0.1, 0.15) is 0 Å². The van der Waals surface area contributed by atoms with Crippen molar-refractivity contribution in [1.82, 2.24) is 0 Å². The first-order valence-corrected chi connectivity index (χ1v) is 5.48. The van der Waals surface area contributed by atoms with E-state index in [9.17, 15) is 9.59 Å². The summed E-state index contributed by atoms with van der Waals surface area (Å²) in [5, 5.41) is 7.89. The molecule has 0 spiro atoms. The van der Waals surface area contributed by atoms with Crippen LogP contribution >= 0.6 is 0 Å². The molecule has 17 heavy (non-hydrogen) atoms. The van der Waals surface area contributed by atoms with Crippen LogP contribution in [0.4, 0.5) is 0 Å². The topological polar surface area (TPSA) is 72.8 Å². The fourth-order valence-electron chi connectivity index (χ4n) is 0.661. The molecule has 0 heterocycles. The third-order valence-corrected chi connectivity index (χ3v) is 1.55. The van der Waals surface area contributed by atoms with Crippen molar-refractivity contribution in [1.29, 1.82) is 0 Å². The van der Waals surface area contributed by atoms with Crippen molar-refractivity contribution >= 4 is 11.9 Å². The Morgan fingerprint density at radius 1 is 1.35 bits per heavy atom. The molecule has 0 aromatic rings. The monoisotopic (exact) mass is 246 g/mol. The molecule has 5 nitrogen and oxygen atoms in total. The Hall–Kier alpha value is -1.36. The van der Waals surface area contributed by atoms with Crippen LogP contribution in [0.15, 0.2) is 12.2 Å². The quantitative estimate of drug-likeness (QED) is 0.337. The van der Waals surface area contributed by atoms with Crippen molar-refractivity contribution in [3.63, 3.8) is 0 Å². The highest BCUT2D eigenvalue weighted by molar-refractivity contribution is 5.84. The number of hydrogen-bond donors (Lipinski definition) is 1. The molecule has 0 aliphatic heterocycles.